The smallest absolute Gasteiger partial charge is 0.217 e. The molecule has 1 heterocycles. The summed E-state index contributed by atoms with van der Waals surface area (Å²) in [5, 5.41) is 5.32. The summed E-state index contributed by atoms with van der Waals surface area (Å²) in [5.74, 6) is 0. The van der Waals surface area contributed by atoms with Crippen LogP contribution in [0.3, 0.4) is 0 Å². The number of hydrogen-bond acceptors (Lipinski definition) is 2. The fourth-order valence-corrected chi connectivity index (χ4v) is 11.0. The van der Waals surface area contributed by atoms with E-state index in [1.165, 1.54) is 30.6 Å². The van der Waals surface area contributed by atoms with Crippen molar-refractivity contribution in [3.05, 3.63) is 92.4 Å². The molecule has 0 aliphatic carbocycles. The Bertz CT molecular complexity index is 1040. The number of fused-ring (bicyclic) bond motifs is 1. The van der Waals surface area contributed by atoms with Crippen LogP contribution in [-0.2, 0) is 19.5 Å². The van der Waals surface area contributed by atoms with E-state index >= 15 is 0 Å². The van der Waals surface area contributed by atoms with Gasteiger partial charge in [-0.1, -0.05) is 59.9 Å². The Morgan fingerprint density at radius 1 is 0.733 bits per heavy atom. The molecule has 0 fully saturated rings. The van der Waals surface area contributed by atoms with Crippen LogP contribution in [0.25, 0.3) is 10.1 Å². The van der Waals surface area contributed by atoms with Crippen LogP contribution in [0.4, 0.5) is 0 Å². The first kappa shape index (κ1) is 25.3. The maximum atomic E-state index is 11.4. The van der Waals surface area contributed by atoms with Gasteiger partial charge < -0.3 is 7.43 Å². The monoisotopic (exact) mass is 542 g/mol. The van der Waals surface area contributed by atoms with E-state index in [0.717, 1.165) is 0 Å². The van der Waals surface area contributed by atoms with Crippen molar-refractivity contribution in [3.63, 3.8) is 0 Å². The van der Waals surface area contributed by atoms with Gasteiger partial charge in [0.2, 0.25) is 4.62 Å². The molecule has 0 bridgehead atoms. The molecule has 3 aromatic carbocycles. The molecule has 1 unspecified atom stereocenters. The molecule has 159 valence electrons. The van der Waals surface area contributed by atoms with E-state index < -0.39 is 16.1 Å². The van der Waals surface area contributed by atoms with E-state index in [9.17, 15) is 4.89 Å². The second-order valence-electron chi connectivity index (χ2n) is 8.01. The summed E-state index contributed by atoms with van der Waals surface area (Å²) in [6.07, 6.45) is 0. The van der Waals surface area contributed by atoms with Crippen molar-refractivity contribution in [1.29, 1.82) is 0 Å². The van der Waals surface area contributed by atoms with Gasteiger partial charge in [0, 0.05) is 29.6 Å². The third kappa shape index (κ3) is 5.10. The van der Waals surface area contributed by atoms with Crippen LogP contribution in [0, 0.1) is 7.43 Å². The zero-order valence-corrected chi connectivity index (χ0v) is 22.2. The molecule has 1 atom stereocenters. The summed E-state index contributed by atoms with van der Waals surface area (Å²) < 4.78 is 2.50. The van der Waals surface area contributed by atoms with Gasteiger partial charge in [-0.05, 0) is 57.2 Å². The average Bonchev–Trinajstić information content (AvgIpc) is 3.08. The Morgan fingerprint density at radius 3 is 1.70 bits per heavy atom. The number of rotatable bonds is 4. The third-order valence-corrected chi connectivity index (χ3v) is 12.1. The van der Waals surface area contributed by atoms with Crippen LogP contribution in [0.15, 0.2) is 84.9 Å². The number of hydrogen-bond donors (Lipinski definition) is 1. The minimum absolute atomic E-state index is 0. The molecule has 1 aromatic heterocycles. The molecule has 0 saturated carbocycles. The molecule has 1 N–H and O–H groups in total. The molecule has 0 spiro atoms. The number of thiophene rings is 1. The molecule has 4 rings (SSSR count). The first-order valence-corrected chi connectivity index (χ1v) is 13.3. The van der Waals surface area contributed by atoms with Crippen LogP contribution in [0.1, 0.15) is 20.8 Å². The van der Waals surface area contributed by atoms with Gasteiger partial charge in [0.25, 0.3) is 0 Å². The van der Waals surface area contributed by atoms with Gasteiger partial charge in [-0.15, -0.1) is 0 Å². The molecule has 1 nitrogen and oxygen atoms in total. The van der Waals surface area contributed by atoms with Crippen LogP contribution in [-0.4, -0.2) is 10.0 Å². The minimum Gasteiger partial charge on any atom is -0.358 e. The molecule has 5 heteroatoms. The molecule has 0 amide bonds. The molecule has 0 aliphatic heterocycles. The van der Waals surface area contributed by atoms with Crippen molar-refractivity contribution >= 4 is 58.0 Å². The summed E-state index contributed by atoms with van der Waals surface area (Å²) in [6, 6.07) is 30.3. The Labute approximate surface area is 199 Å². The van der Waals surface area contributed by atoms with E-state index in [-0.39, 0.29) is 32.1 Å². The zero-order valence-electron chi connectivity index (χ0n) is 17.8. The first-order valence-electron chi connectivity index (χ1n) is 9.53. The van der Waals surface area contributed by atoms with Crippen LogP contribution in [0.2, 0.25) is 0 Å². The molecular weight excluding hydrogens is 513 g/mol. The summed E-state index contributed by atoms with van der Waals surface area (Å²) >= 11 is 1.80. The van der Waals surface area contributed by atoms with E-state index in [2.05, 4.69) is 106 Å². The van der Waals surface area contributed by atoms with Gasteiger partial charge >= 0.3 is 0 Å². The number of benzene rings is 3. The van der Waals surface area contributed by atoms with Crippen molar-refractivity contribution in [1.82, 2.24) is 0 Å². The van der Waals surface area contributed by atoms with Crippen molar-refractivity contribution in [2.24, 2.45) is 0 Å². The minimum atomic E-state index is -1.69. The maximum absolute atomic E-state index is 11.4. The Morgan fingerprint density at radius 2 is 1.20 bits per heavy atom. The predicted octanol–water partition coefficient (Wildman–Crippen LogP) is 5.38. The Hall–Kier alpha value is -0.937. The quantitative estimate of drug-likeness (QED) is 0.209. The summed E-state index contributed by atoms with van der Waals surface area (Å²) in [7, 11) is -2.91. The Balaban J connectivity index is 0.00000160. The van der Waals surface area contributed by atoms with Crippen molar-refractivity contribution in [2.45, 2.75) is 25.9 Å². The first-order chi connectivity index (χ1) is 13.5. The van der Waals surface area contributed by atoms with Gasteiger partial charge in [-0.2, -0.15) is 0 Å². The van der Waals surface area contributed by atoms with Crippen LogP contribution < -0.4 is 20.5 Å². The third-order valence-electron chi connectivity index (χ3n) is 4.90. The van der Waals surface area contributed by atoms with E-state index in [0.29, 0.717) is 0 Å². The fourth-order valence-electron chi connectivity index (χ4n) is 3.47. The van der Waals surface area contributed by atoms with Gasteiger partial charge in [-0.3, -0.25) is 0 Å². The maximum Gasteiger partial charge on any atom is 0.217 e. The second kappa shape index (κ2) is 10.6. The molecular formula is C25H29OP2RhS+. The Kier molecular flexibility index (Phi) is 8.94. The van der Waals surface area contributed by atoms with Crippen molar-refractivity contribution < 1.29 is 24.4 Å². The van der Waals surface area contributed by atoms with Gasteiger partial charge in [0.15, 0.2) is 13.5 Å². The summed E-state index contributed by atoms with van der Waals surface area (Å²) in [5.41, 5.74) is 0. The second-order valence-corrected chi connectivity index (χ2v) is 14.5. The largest absolute Gasteiger partial charge is 0.358 e. The van der Waals surface area contributed by atoms with E-state index in [1.54, 1.807) is 11.3 Å². The molecule has 0 saturated heterocycles. The molecule has 30 heavy (non-hydrogen) atoms. The predicted molar refractivity (Wildman–Crippen MR) is 138 cm³/mol. The molecule has 4 aromatic rings. The summed E-state index contributed by atoms with van der Waals surface area (Å²) in [4.78, 5) is 11.4. The van der Waals surface area contributed by atoms with Gasteiger partial charge in [-0.25, -0.2) is 4.89 Å². The fraction of sp³-hybridized carbons (Fsp3) is 0.160. The molecule has 1 radical (unpaired) electrons. The summed E-state index contributed by atoms with van der Waals surface area (Å²) in [6.45, 7) is 6.48. The normalized spacial score (nSPS) is 12.3. The van der Waals surface area contributed by atoms with E-state index in [4.69, 9.17) is 0 Å². The average molecular weight is 542 g/mol. The van der Waals surface area contributed by atoms with Crippen LogP contribution >= 0.6 is 27.4 Å². The SMILES string of the molecule is CC(C)(C)[PH+](O)c1sc2ccccc2c1[PH+](c1ccccc1)c1ccccc1.[CH3-].[Rh]. The zero-order chi connectivity index (χ0) is 19.7. The topological polar surface area (TPSA) is 20.2 Å². The van der Waals surface area contributed by atoms with Crippen molar-refractivity contribution in [2.75, 3.05) is 0 Å². The van der Waals surface area contributed by atoms with Crippen molar-refractivity contribution in [3.8, 4) is 0 Å². The van der Waals surface area contributed by atoms with Gasteiger partial charge in [0.1, 0.15) is 23.7 Å². The van der Waals surface area contributed by atoms with Gasteiger partial charge in [0.05, 0.1) is 0 Å². The standard InChI is InChI=1S/C24H24OP2S.CH3.Rh/c1-24(2,3)27(25)23-22(20-16-10-11-17-21(20)28-23)26(18-12-6-4-7-13-18)19-14-8-5-9-15-19;;/h4-17,25H,1-3H3;1H3;/q;-1;/p+2. The van der Waals surface area contributed by atoms with Crippen LogP contribution in [0.5, 0.6) is 0 Å². The van der Waals surface area contributed by atoms with E-state index in [1.807, 2.05) is 0 Å². The molecule has 0 aliphatic rings.